The quantitative estimate of drug-likeness (QED) is 0.566. The molecule has 3 rings (SSSR count). The molecule has 7 heteroatoms. The standard InChI is InChI=1S/C16H16ClN5O/c17-15-3-2-13-14(22-15)5-10(8-20-13)11(6-18)7-19-9-12-1-4-16(23)21-12/h2-3,5-8,12,18-19H,1,4,9H2,(H,21,23)/p+1. The predicted octanol–water partition coefficient (Wildman–Crippen LogP) is 1.12. The monoisotopic (exact) mass is 330 g/mol. The number of nitrogens with zero attached hydrogens (tertiary/aromatic N) is 2. The highest BCUT2D eigenvalue weighted by molar-refractivity contribution is 6.29. The molecule has 4 N–H and O–H groups in total. The van der Waals surface area contributed by atoms with Crippen molar-refractivity contribution < 1.29 is 10.1 Å². The highest BCUT2D eigenvalue weighted by Gasteiger charge is 2.21. The van der Waals surface area contributed by atoms with Crippen molar-refractivity contribution in [3.63, 3.8) is 0 Å². The van der Waals surface area contributed by atoms with Gasteiger partial charge in [0.1, 0.15) is 17.9 Å². The number of hydrogen-bond acceptors (Lipinski definition) is 4. The number of carbonyl (C=O) groups excluding carboxylic acids is 1. The molecule has 3 heterocycles. The Bertz CT molecular complexity index is 789. The lowest BCUT2D eigenvalue weighted by Gasteiger charge is -2.07. The first-order chi connectivity index (χ1) is 11.2. The molecular formula is C16H17ClN5O+. The van der Waals surface area contributed by atoms with E-state index in [4.69, 9.17) is 17.0 Å². The molecule has 1 aliphatic heterocycles. The van der Waals surface area contributed by atoms with Crippen LogP contribution in [0.1, 0.15) is 18.4 Å². The number of fused-ring (bicyclic) bond motifs is 1. The lowest BCUT2D eigenvalue weighted by molar-refractivity contribution is -0.589. The Balaban J connectivity index is 1.75. The molecule has 0 aliphatic carbocycles. The molecule has 0 saturated carbocycles. The number of nitrogens with one attached hydrogen (secondary N) is 2. The van der Waals surface area contributed by atoms with Crippen LogP contribution < -0.4 is 10.6 Å². The molecular weight excluding hydrogens is 314 g/mol. The van der Waals surface area contributed by atoms with Gasteiger partial charge in [-0.25, -0.2) is 4.98 Å². The van der Waals surface area contributed by atoms with E-state index >= 15 is 0 Å². The second kappa shape index (κ2) is 6.85. The summed E-state index contributed by atoms with van der Waals surface area (Å²) in [4.78, 5) is 19.8. The van der Waals surface area contributed by atoms with Crippen molar-refractivity contribution in [3.8, 4) is 0 Å². The van der Waals surface area contributed by atoms with E-state index in [-0.39, 0.29) is 11.9 Å². The summed E-state index contributed by atoms with van der Waals surface area (Å²) in [7, 11) is 0. The average molecular weight is 331 g/mol. The van der Waals surface area contributed by atoms with E-state index in [2.05, 4.69) is 15.3 Å². The van der Waals surface area contributed by atoms with Gasteiger partial charge in [0.15, 0.2) is 0 Å². The fourth-order valence-electron chi connectivity index (χ4n) is 2.58. The normalized spacial score (nSPS) is 18.2. The van der Waals surface area contributed by atoms with Crippen LogP contribution in [0, 0.1) is 5.41 Å². The van der Waals surface area contributed by atoms with Crippen molar-refractivity contribution in [1.29, 1.82) is 5.41 Å². The van der Waals surface area contributed by atoms with Crippen molar-refractivity contribution in [1.82, 2.24) is 15.3 Å². The van der Waals surface area contributed by atoms with Gasteiger partial charge in [0.2, 0.25) is 5.91 Å². The second-order valence-electron chi connectivity index (χ2n) is 5.44. The summed E-state index contributed by atoms with van der Waals surface area (Å²) in [6.45, 7) is 0.758. The molecule has 0 aromatic carbocycles. The Morgan fingerprint density at radius 2 is 2.35 bits per heavy atom. The van der Waals surface area contributed by atoms with Gasteiger partial charge in [-0.1, -0.05) is 11.6 Å². The third-order valence-corrected chi connectivity index (χ3v) is 4.01. The summed E-state index contributed by atoms with van der Waals surface area (Å²) in [5.41, 5.74) is 3.02. The molecule has 118 valence electrons. The van der Waals surface area contributed by atoms with Crippen molar-refractivity contribution in [2.24, 2.45) is 0 Å². The van der Waals surface area contributed by atoms with E-state index in [1.807, 2.05) is 23.6 Å². The highest BCUT2D eigenvalue weighted by Crippen LogP contribution is 2.18. The molecule has 1 aliphatic rings. The maximum Gasteiger partial charge on any atom is 0.220 e. The minimum atomic E-state index is 0.112. The lowest BCUT2D eigenvalue weighted by Crippen LogP contribution is -2.81. The van der Waals surface area contributed by atoms with E-state index in [0.29, 0.717) is 17.1 Å². The van der Waals surface area contributed by atoms with Crippen LogP contribution >= 0.6 is 11.6 Å². The second-order valence-corrected chi connectivity index (χ2v) is 5.82. The van der Waals surface area contributed by atoms with E-state index < -0.39 is 0 Å². The molecule has 1 unspecified atom stereocenters. The number of halogens is 1. The number of amides is 1. The number of hydrogen-bond donors (Lipinski definition) is 3. The van der Waals surface area contributed by atoms with E-state index in [1.54, 1.807) is 12.3 Å². The van der Waals surface area contributed by atoms with E-state index in [0.717, 1.165) is 29.6 Å². The first kappa shape index (κ1) is 15.6. The summed E-state index contributed by atoms with van der Waals surface area (Å²) in [5, 5.41) is 12.9. The van der Waals surface area contributed by atoms with Crippen LogP contribution in [0.2, 0.25) is 5.15 Å². The Labute approximate surface area is 138 Å². The number of allylic oxidation sites excluding steroid dienone is 1. The highest BCUT2D eigenvalue weighted by atomic mass is 35.5. The molecule has 0 bridgehead atoms. The van der Waals surface area contributed by atoms with Gasteiger partial charge >= 0.3 is 0 Å². The van der Waals surface area contributed by atoms with E-state index in [1.165, 1.54) is 6.21 Å². The average Bonchev–Trinajstić information content (AvgIpc) is 2.96. The molecule has 6 nitrogen and oxygen atoms in total. The number of carbonyl (C=O) groups is 1. The zero-order valence-electron chi connectivity index (χ0n) is 12.4. The third kappa shape index (κ3) is 3.72. The maximum atomic E-state index is 11.2. The molecule has 0 radical (unpaired) electrons. The Morgan fingerprint density at radius 3 is 3.09 bits per heavy atom. The van der Waals surface area contributed by atoms with Crippen molar-refractivity contribution in [2.45, 2.75) is 18.9 Å². The smallest absolute Gasteiger partial charge is 0.220 e. The van der Waals surface area contributed by atoms with Gasteiger partial charge in [-0.2, -0.15) is 0 Å². The first-order valence-electron chi connectivity index (χ1n) is 7.42. The number of pyridine rings is 2. The zero-order valence-corrected chi connectivity index (χ0v) is 13.2. The molecule has 2 aromatic rings. The summed E-state index contributed by atoms with van der Waals surface area (Å²) < 4.78 is 0. The van der Waals surface area contributed by atoms with Crippen LogP contribution in [-0.2, 0) is 4.79 Å². The fraction of sp³-hybridized carbons (Fsp3) is 0.250. The molecule has 1 saturated heterocycles. The van der Waals surface area contributed by atoms with Gasteiger partial charge < -0.3 is 16.0 Å². The fourth-order valence-corrected chi connectivity index (χ4v) is 2.73. The van der Waals surface area contributed by atoms with Crippen LogP contribution in [0.15, 0.2) is 30.6 Å². The van der Waals surface area contributed by atoms with Crippen LogP contribution in [0.3, 0.4) is 0 Å². The topological polar surface area (TPSA) is 95.3 Å². The number of aromatic nitrogens is 2. The predicted molar refractivity (Wildman–Crippen MR) is 89.3 cm³/mol. The minimum Gasteiger partial charge on any atom is -0.348 e. The largest absolute Gasteiger partial charge is 0.348 e. The molecule has 1 fully saturated rings. The van der Waals surface area contributed by atoms with Crippen molar-refractivity contribution in [3.05, 3.63) is 41.3 Å². The van der Waals surface area contributed by atoms with Crippen molar-refractivity contribution in [2.75, 3.05) is 6.54 Å². The summed E-state index contributed by atoms with van der Waals surface area (Å²) in [6.07, 6.45) is 6.35. The maximum absolute atomic E-state index is 11.2. The summed E-state index contributed by atoms with van der Waals surface area (Å²) in [6, 6.07) is 5.59. The summed E-state index contributed by atoms with van der Waals surface area (Å²) >= 11 is 5.91. The van der Waals surface area contributed by atoms with Crippen LogP contribution in [-0.4, -0.2) is 34.7 Å². The minimum absolute atomic E-state index is 0.112. The molecule has 1 atom stereocenters. The molecule has 23 heavy (non-hydrogen) atoms. The van der Waals surface area contributed by atoms with Crippen LogP contribution in [0.5, 0.6) is 0 Å². The number of nitrogens with two attached hydrogens (primary N) is 1. The molecule has 2 aromatic heterocycles. The van der Waals surface area contributed by atoms with Gasteiger partial charge in [-0.05, 0) is 24.6 Å². The van der Waals surface area contributed by atoms with Gasteiger partial charge in [0.25, 0.3) is 0 Å². The third-order valence-electron chi connectivity index (χ3n) is 3.80. The lowest BCUT2D eigenvalue weighted by atomic mass is 10.1. The number of rotatable bonds is 5. The van der Waals surface area contributed by atoms with Crippen LogP contribution in [0.4, 0.5) is 0 Å². The Morgan fingerprint density at radius 1 is 1.48 bits per heavy atom. The Kier molecular flexibility index (Phi) is 4.64. The van der Waals surface area contributed by atoms with Crippen molar-refractivity contribution >= 4 is 40.3 Å². The molecule has 1 amide bonds. The van der Waals surface area contributed by atoms with Gasteiger partial charge in [-0.15, -0.1) is 0 Å². The Hall–Kier alpha value is -2.31. The van der Waals surface area contributed by atoms with Gasteiger partial charge in [0.05, 0.1) is 22.6 Å². The zero-order chi connectivity index (χ0) is 16.2. The van der Waals surface area contributed by atoms with Gasteiger partial charge in [0, 0.05) is 24.4 Å². The SMILES string of the molecule is N=CC(=C[NH2+]CC1CCC(=O)N1)c1cnc2ccc(Cl)nc2c1. The number of quaternary nitrogens is 1. The van der Waals surface area contributed by atoms with E-state index in [9.17, 15) is 4.79 Å². The first-order valence-corrected chi connectivity index (χ1v) is 7.79. The van der Waals surface area contributed by atoms with Gasteiger partial charge in [-0.3, -0.25) is 9.78 Å². The summed E-state index contributed by atoms with van der Waals surface area (Å²) in [5.74, 6) is 0.112. The molecule has 0 spiro atoms. The van der Waals surface area contributed by atoms with Crippen LogP contribution in [0.25, 0.3) is 16.6 Å².